The van der Waals surface area contributed by atoms with Gasteiger partial charge in [0.15, 0.2) is 11.5 Å². The SMILES string of the molecule is COc1cc(/C=C2\SC(=O)N(Cc3cccc(C)c3)C2=O)ccc1OS(=O)(=O)c1ccc(C)c([N+](=O)[O-])c1. The zero-order valence-electron chi connectivity index (χ0n) is 20.5. The molecule has 3 aromatic rings. The number of amides is 2. The Labute approximate surface area is 223 Å². The van der Waals surface area contributed by atoms with Gasteiger partial charge in [-0.3, -0.25) is 24.6 Å². The average Bonchev–Trinajstić information content (AvgIpc) is 3.12. The van der Waals surface area contributed by atoms with E-state index in [1.807, 2.05) is 31.2 Å². The van der Waals surface area contributed by atoms with Gasteiger partial charge in [0.1, 0.15) is 4.90 Å². The number of aryl methyl sites for hydroxylation is 2. The Morgan fingerprint density at radius 2 is 1.79 bits per heavy atom. The van der Waals surface area contributed by atoms with Crippen molar-refractivity contribution in [2.45, 2.75) is 25.3 Å². The Kier molecular flexibility index (Phi) is 7.56. The standard InChI is InChI=1S/C26H22N2O8S2/c1-16-5-4-6-19(11-16)15-27-25(29)24(37-26(27)30)13-18-8-10-22(23(12-18)35-3)36-38(33,34)20-9-7-17(2)21(14-20)28(31)32/h4-14H,15H2,1-3H3/b24-13-. The minimum absolute atomic E-state index is 0.0444. The molecule has 1 heterocycles. The summed E-state index contributed by atoms with van der Waals surface area (Å²) in [6.45, 7) is 3.57. The van der Waals surface area contributed by atoms with Crippen molar-refractivity contribution in [3.63, 3.8) is 0 Å². The molecule has 196 valence electrons. The zero-order chi connectivity index (χ0) is 27.6. The van der Waals surface area contributed by atoms with Gasteiger partial charge in [0, 0.05) is 11.6 Å². The molecule has 1 aliphatic rings. The van der Waals surface area contributed by atoms with E-state index < -0.39 is 26.2 Å². The lowest BCUT2D eigenvalue weighted by Crippen LogP contribution is -2.27. The van der Waals surface area contributed by atoms with Gasteiger partial charge in [0.25, 0.3) is 16.8 Å². The molecule has 10 nitrogen and oxygen atoms in total. The molecule has 0 aliphatic carbocycles. The molecule has 1 aliphatic heterocycles. The monoisotopic (exact) mass is 554 g/mol. The van der Waals surface area contributed by atoms with Crippen molar-refractivity contribution in [2.24, 2.45) is 0 Å². The van der Waals surface area contributed by atoms with Gasteiger partial charge < -0.3 is 8.92 Å². The van der Waals surface area contributed by atoms with Crippen LogP contribution in [0.25, 0.3) is 6.08 Å². The van der Waals surface area contributed by atoms with E-state index in [2.05, 4.69) is 0 Å². The highest BCUT2D eigenvalue weighted by Crippen LogP contribution is 2.36. The highest BCUT2D eigenvalue weighted by atomic mass is 32.2. The quantitative estimate of drug-likeness (QED) is 0.159. The summed E-state index contributed by atoms with van der Waals surface area (Å²) >= 11 is 0.805. The third-order valence-electron chi connectivity index (χ3n) is 5.65. The predicted octanol–water partition coefficient (Wildman–Crippen LogP) is 5.22. The van der Waals surface area contributed by atoms with E-state index in [1.165, 1.54) is 50.4 Å². The lowest BCUT2D eigenvalue weighted by Gasteiger charge is -2.13. The van der Waals surface area contributed by atoms with Crippen molar-refractivity contribution in [2.75, 3.05) is 7.11 Å². The van der Waals surface area contributed by atoms with Crippen LogP contribution in [-0.4, -0.2) is 36.5 Å². The minimum atomic E-state index is -4.42. The number of nitro benzene ring substituents is 1. The van der Waals surface area contributed by atoms with Gasteiger partial charge in [-0.15, -0.1) is 0 Å². The maximum Gasteiger partial charge on any atom is 0.339 e. The summed E-state index contributed by atoms with van der Waals surface area (Å²) in [4.78, 5) is 36.9. The summed E-state index contributed by atoms with van der Waals surface area (Å²) in [5, 5.41) is 10.8. The Morgan fingerprint density at radius 1 is 1.03 bits per heavy atom. The van der Waals surface area contributed by atoms with Crippen LogP contribution in [0, 0.1) is 24.0 Å². The van der Waals surface area contributed by atoms with E-state index in [-0.39, 0.29) is 33.5 Å². The first-order valence-corrected chi connectivity index (χ1v) is 13.4. The third kappa shape index (κ3) is 5.71. The van der Waals surface area contributed by atoms with Gasteiger partial charge in [0.2, 0.25) is 0 Å². The fraction of sp³-hybridized carbons (Fsp3) is 0.154. The van der Waals surface area contributed by atoms with Crippen LogP contribution >= 0.6 is 11.8 Å². The van der Waals surface area contributed by atoms with Crippen molar-refractivity contribution < 1.29 is 31.9 Å². The highest BCUT2D eigenvalue weighted by molar-refractivity contribution is 8.18. The highest BCUT2D eigenvalue weighted by Gasteiger charge is 2.35. The van der Waals surface area contributed by atoms with Gasteiger partial charge in [-0.05, 0) is 61.0 Å². The maximum atomic E-state index is 12.9. The fourth-order valence-electron chi connectivity index (χ4n) is 3.73. The number of nitro groups is 1. The summed E-state index contributed by atoms with van der Waals surface area (Å²) in [5.41, 5.74) is 2.27. The number of nitrogens with zero attached hydrogens (tertiary/aromatic N) is 2. The van der Waals surface area contributed by atoms with Crippen molar-refractivity contribution in [1.29, 1.82) is 0 Å². The Hall–Kier alpha value is -4.16. The van der Waals surface area contributed by atoms with Gasteiger partial charge >= 0.3 is 10.1 Å². The topological polar surface area (TPSA) is 133 Å². The zero-order valence-corrected chi connectivity index (χ0v) is 22.2. The second kappa shape index (κ2) is 10.7. The first-order valence-electron chi connectivity index (χ1n) is 11.2. The number of benzene rings is 3. The largest absolute Gasteiger partial charge is 0.493 e. The number of thioether (sulfide) groups is 1. The first-order chi connectivity index (χ1) is 18.0. The number of carbonyl (C=O) groups is 2. The smallest absolute Gasteiger partial charge is 0.339 e. The summed E-state index contributed by atoms with van der Waals surface area (Å²) in [7, 11) is -3.11. The molecule has 0 unspecified atom stereocenters. The maximum absolute atomic E-state index is 12.9. The van der Waals surface area contributed by atoms with E-state index in [1.54, 1.807) is 0 Å². The van der Waals surface area contributed by atoms with Gasteiger partial charge in [-0.1, -0.05) is 42.0 Å². The van der Waals surface area contributed by atoms with E-state index in [0.29, 0.717) is 11.1 Å². The lowest BCUT2D eigenvalue weighted by molar-refractivity contribution is -0.385. The van der Waals surface area contributed by atoms with Crippen LogP contribution in [-0.2, 0) is 21.5 Å². The molecule has 12 heteroatoms. The lowest BCUT2D eigenvalue weighted by atomic mass is 10.1. The first kappa shape index (κ1) is 26.9. The Balaban J connectivity index is 1.56. The third-order valence-corrected chi connectivity index (χ3v) is 7.79. The fourth-order valence-corrected chi connectivity index (χ4v) is 5.53. The summed E-state index contributed by atoms with van der Waals surface area (Å²) in [6.07, 6.45) is 1.51. The number of imide groups is 1. The summed E-state index contributed by atoms with van der Waals surface area (Å²) in [5.74, 6) is -0.548. The van der Waals surface area contributed by atoms with Gasteiger partial charge in [-0.25, -0.2) is 0 Å². The summed E-state index contributed by atoms with van der Waals surface area (Å²) < 4.78 is 36.1. The minimum Gasteiger partial charge on any atom is -0.493 e. The number of hydrogen-bond donors (Lipinski definition) is 0. The van der Waals surface area contributed by atoms with Gasteiger partial charge in [0.05, 0.1) is 23.5 Å². The molecule has 38 heavy (non-hydrogen) atoms. The van der Waals surface area contributed by atoms with E-state index in [0.717, 1.165) is 33.9 Å². The summed E-state index contributed by atoms with van der Waals surface area (Å²) in [6, 6.07) is 15.3. The second-order valence-electron chi connectivity index (χ2n) is 8.41. The van der Waals surface area contributed by atoms with Crippen molar-refractivity contribution >= 4 is 44.8 Å². The van der Waals surface area contributed by atoms with Crippen LogP contribution in [0.15, 0.2) is 70.5 Å². The normalized spacial score (nSPS) is 14.7. The van der Waals surface area contributed by atoms with Gasteiger partial charge in [-0.2, -0.15) is 8.42 Å². The molecular weight excluding hydrogens is 532 g/mol. The molecule has 1 saturated heterocycles. The van der Waals surface area contributed by atoms with Crippen molar-refractivity contribution in [3.8, 4) is 11.5 Å². The van der Waals surface area contributed by atoms with Crippen LogP contribution in [0.2, 0.25) is 0 Å². The van der Waals surface area contributed by atoms with Crippen LogP contribution in [0.4, 0.5) is 10.5 Å². The average molecular weight is 555 g/mol. The van der Waals surface area contributed by atoms with Crippen LogP contribution in [0.3, 0.4) is 0 Å². The molecule has 0 bridgehead atoms. The van der Waals surface area contributed by atoms with E-state index >= 15 is 0 Å². The number of hydrogen-bond acceptors (Lipinski definition) is 9. The van der Waals surface area contributed by atoms with Crippen LogP contribution in [0.1, 0.15) is 22.3 Å². The molecular formula is C26H22N2O8S2. The number of methoxy groups -OCH3 is 1. The predicted molar refractivity (Wildman–Crippen MR) is 141 cm³/mol. The molecule has 3 aromatic carbocycles. The number of rotatable bonds is 8. The molecule has 0 aromatic heterocycles. The molecule has 0 atom stereocenters. The second-order valence-corrected chi connectivity index (χ2v) is 10.9. The van der Waals surface area contributed by atoms with E-state index in [9.17, 15) is 28.1 Å². The molecule has 0 radical (unpaired) electrons. The molecule has 2 amide bonds. The number of ether oxygens (including phenoxy) is 1. The number of carbonyl (C=O) groups excluding carboxylic acids is 2. The van der Waals surface area contributed by atoms with Crippen molar-refractivity contribution in [3.05, 3.63) is 97.9 Å². The van der Waals surface area contributed by atoms with Crippen LogP contribution in [0.5, 0.6) is 11.5 Å². The Bertz CT molecular complexity index is 1600. The molecule has 0 spiro atoms. The molecule has 1 fully saturated rings. The molecule has 0 N–H and O–H groups in total. The van der Waals surface area contributed by atoms with Crippen LogP contribution < -0.4 is 8.92 Å². The molecule has 4 rings (SSSR count). The van der Waals surface area contributed by atoms with E-state index in [4.69, 9.17) is 8.92 Å². The van der Waals surface area contributed by atoms with Crippen molar-refractivity contribution in [1.82, 2.24) is 4.90 Å². The Morgan fingerprint density at radius 3 is 2.47 bits per heavy atom. The molecule has 0 saturated carbocycles.